The predicted octanol–water partition coefficient (Wildman–Crippen LogP) is 1.77. The summed E-state index contributed by atoms with van der Waals surface area (Å²) >= 11 is 2.06. The number of aromatic nitrogens is 1. The number of rotatable bonds is 4. The molecule has 1 heterocycles. The van der Waals surface area contributed by atoms with Crippen LogP contribution in [0, 0.1) is 3.57 Å². The van der Waals surface area contributed by atoms with E-state index >= 15 is 0 Å². The molecule has 0 aliphatic rings. The van der Waals surface area contributed by atoms with Crippen LogP contribution >= 0.6 is 22.6 Å². The molecule has 1 aromatic carbocycles. The van der Waals surface area contributed by atoms with Gasteiger partial charge >= 0.3 is 0 Å². The molecule has 100 valence electrons. The standard InChI is InChI=1S/C11H11IN4O2S/c12-9-3-1-2-4-10(9)16-19(17,18)8-5-6-14-11(7-8)15-13/h1-7,16H,13H2,(H,14,15). The van der Waals surface area contributed by atoms with Crippen LogP contribution < -0.4 is 16.0 Å². The minimum atomic E-state index is -3.66. The van der Waals surface area contributed by atoms with Gasteiger partial charge in [0.25, 0.3) is 10.0 Å². The zero-order valence-electron chi connectivity index (χ0n) is 9.67. The van der Waals surface area contributed by atoms with Crippen molar-refractivity contribution >= 4 is 44.1 Å². The highest BCUT2D eigenvalue weighted by atomic mass is 127. The van der Waals surface area contributed by atoms with Gasteiger partial charge in [0.15, 0.2) is 0 Å². The first-order valence-corrected chi connectivity index (χ1v) is 7.79. The van der Waals surface area contributed by atoms with Gasteiger partial charge in [-0.1, -0.05) is 12.1 Å². The van der Waals surface area contributed by atoms with E-state index in [0.29, 0.717) is 5.69 Å². The van der Waals surface area contributed by atoms with Gasteiger partial charge in [0.1, 0.15) is 5.82 Å². The van der Waals surface area contributed by atoms with Gasteiger partial charge in [0.2, 0.25) is 0 Å². The molecule has 0 radical (unpaired) electrons. The van der Waals surface area contributed by atoms with Crippen LogP contribution in [0.4, 0.5) is 11.5 Å². The van der Waals surface area contributed by atoms with Gasteiger partial charge in [-0.15, -0.1) is 0 Å². The molecule has 0 aliphatic carbocycles. The third-order valence-electron chi connectivity index (χ3n) is 2.31. The first kappa shape index (κ1) is 14.0. The molecule has 4 N–H and O–H groups in total. The fourth-order valence-corrected chi connectivity index (χ4v) is 3.20. The number of benzene rings is 1. The lowest BCUT2D eigenvalue weighted by Gasteiger charge is -2.10. The molecular weight excluding hydrogens is 379 g/mol. The number of hydrogen-bond donors (Lipinski definition) is 3. The highest BCUT2D eigenvalue weighted by Gasteiger charge is 2.16. The van der Waals surface area contributed by atoms with E-state index < -0.39 is 10.0 Å². The Morgan fingerprint density at radius 3 is 2.63 bits per heavy atom. The summed E-state index contributed by atoms with van der Waals surface area (Å²) < 4.78 is 27.8. The summed E-state index contributed by atoms with van der Waals surface area (Å²) in [6.07, 6.45) is 1.37. The van der Waals surface area contributed by atoms with Crippen molar-refractivity contribution in [3.8, 4) is 0 Å². The van der Waals surface area contributed by atoms with Crippen molar-refractivity contribution in [2.75, 3.05) is 10.1 Å². The zero-order valence-corrected chi connectivity index (χ0v) is 12.6. The number of halogens is 1. The summed E-state index contributed by atoms with van der Waals surface area (Å²) in [5, 5.41) is 0. The van der Waals surface area contributed by atoms with Gasteiger partial charge in [-0.3, -0.25) is 4.72 Å². The summed E-state index contributed by atoms with van der Waals surface area (Å²) in [6, 6.07) is 9.87. The number of anilines is 2. The second-order valence-corrected chi connectivity index (χ2v) is 6.45. The number of hydrazine groups is 1. The Morgan fingerprint density at radius 1 is 1.21 bits per heavy atom. The lowest BCUT2D eigenvalue weighted by Crippen LogP contribution is -2.15. The molecule has 1 aromatic heterocycles. The van der Waals surface area contributed by atoms with Gasteiger partial charge in [-0.25, -0.2) is 19.2 Å². The van der Waals surface area contributed by atoms with E-state index in [1.807, 2.05) is 12.1 Å². The highest BCUT2D eigenvalue weighted by Crippen LogP contribution is 2.21. The topological polar surface area (TPSA) is 97.1 Å². The molecule has 0 bridgehead atoms. The van der Waals surface area contributed by atoms with Crippen LogP contribution in [0.15, 0.2) is 47.5 Å². The molecule has 0 amide bonds. The van der Waals surface area contributed by atoms with Gasteiger partial charge in [0, 0.05) is 15.8 Å². The second kappa shape index (κ2) is 5.72. The smallest absolute Gasteiger partial charge is 0.262 e. The lowest BCUT2D eigenvalue weighted by molar-refractivity contribution is 0.601. The van der Waals surface area contributed by atoms with Gasteiger partial charge in [0.05, 0.1) is 10.6 Å². The zero-order chi connectivity index (χ0) is 13.9. The lowest BCUT2D eigenvalue weighted by atomic mass is 10.3. The van der Waals surface area contributed by atoms with Crippen molar-refractivity contribution in [3.63, 3.8) is 0 Å². The van der Waals surface area contributed by atoms with E-state index in [0.717, 1.165) is 3.57 Å². The molecule has 0 fully saturated rings. The maximum Gasteiger partial charge on any atom is 0.262 e. The third-order valence-corrected chi connectivity index (χ3v) is 4.61. The van der Waals surface area contributed by atoms with E-state index in [-0.39, 0.29) is 10.7 Å². The number of nitrogens with zero attached hydrogens (tertiary/aromatic N) is 1. The van der Waals surface area contributed by atoms with Crippen molar-refractivity contribution in [2.24, 2.45) is 5.84 Å². The van der Waals surface area contributed by atoms with E-state index in [2.05, 4.69) is 37.7 Å². The molecule has 0 unspecified atom stereocenters. The Bertz CT molecular complexity index is 691. The quantitative estimate of drug-likeness (QED) is 0.420. The molecule has 8 heteroatoms. The van der Waals surface area contributed by atoms with Crippen molar-refractivity contribution in [3.05, 3.63) is 46.2 Å². The molecule has 2 rings (SSSR count). The summed E-state index contributed by atoms with van der Waals surface area (Å²) in [5.74, 6) is 5.49. The van der Waals surface area contributed by atoms with Gasteiger partial charge in [-0.05, 0) is 40.8 Å². The third kappa shape index (κ3) is 3.33. The Morgan fingerprint density at radius 2 is 1.95 bits per heavy atom. The van der Waals surface area contributed by atoms with Crippen molar-refractivity contribution < 1.29 is 8.42 Å². The van der Waals surface area contributed by atoms with Crippen LogP contribution in [0.3, 0.4) is 0 Å². The molecule has 0 saturated carbocycles. The number of nitrogens with two attached hydrogens (primary N) is 1. The molecule has 0 spiro atoms. The molecule has 0 aliphatic heterocycles. The average molecular weight is 390 g/mol. The number of pyridine rings is 1. The first-order valence-electron chi connectivity index (χ1n) is 5.23. The maximum absolute atomic E-state index is 12.2. The van der Waals surface area contributed by atoms with Crippen LogP contribution in [0.5, 0.6) is 0 Å². The van der Waals surface area contributed by atoms with E-state index in [1.165, 1.54) is 18.3 Å². The summed E-state index contributed by atoms with van der Waals surface area (Å²) in [7, 11) is -3.66. The SMILES string of the molecule is NNc1cc(S(=O)(=O)Nc2ccccc2I)ccn1. The number of para-hydroxylation sites is 1. The fraction of sp³-hybridized carbons (Fsp3) is 0. The fourth-order valence-electron chi connectivity index (χ4n) is 1.40. The summed E-state index contributed by atoms with van der Waals surface area (Å²) in [4.78, 5) is 3.96. The van der Waals surface area contributed by atoms with Crippen LogP contribution in [0.25, 0.3) is 0 Å². The molecule has 2 aromatic rings. The van der Waals surface area contributed by atoms with Crippen LogP contribution in [0.1, 0.15) is 0 Å². The van der Waals surface area contributed by atoms with Crippen molar-refractivity contribution in [1.82, 2.24) is 4.98 Å². The molecule has 19 heavy (non-hydrogen) atoms. The highest BCUT2D eigenvalue weighted by molar-refractivity contribution is 14.1. The largest absolute Gasteiger partial charge is 0.308 e. The van der Waals surface area contributed by atoms with Crippen LogP contribution in [-0.2, 0) is 10.0 Å². The monoisotopic (exact) mass is 390 g/mol. The molecule has 6 nitrogen and oxygen atoms in total. The number of hydrogen-bond acceptors (Lipinski definition) is 5. The summed E-state index contributed by atoms with van der Waals surface area (Å²) in [5.41, 5.74) is 2.84. The Labute approximate surface area is 124 Å². The Kier molecular flexibility index (Phi) is 4.22. The minimum Gasteiger partial charge on any atom is -0.308 e. The van der Waals surface area contributed by atoms with Crippen molar-refractivity contribution in [2.45, 2.75) is 4.90 Å². The Balaban J connectivity index is 2.35. The maximum atomic E-state index is 12.2. The van der Waals surface area contributed by atoms with Crippen molar-refractivity contribution in [1.29, 1.82) is 0 Å². The predicted molar refractivity (Wildman–Crippen MR) is 82.0 cm³/mol. The number of nitrogen functional groups attached to an aromatic ring is 1. The van der Waals surface area contributed by atoms with E-state index in [1.54, 1.807) is 12.1 Å². The number of nitrogens with one attached hydrogen (secondary N) is 2. The first-order chi connectivity index (χ1) is 9.03. The number of sulfonamides is 1. The van der Waals surface area contributed by atoms with E-state index in [9.17, 15) is 8.42 Å². The van der Waals surface area contributed by atoms with Crippen LogP contribution in [0.2, 0.25) is 0 Å². The minimum absolute atomic E-state index is 0.0927. The normalized spacial score (nSPS) is 11.1. The molecular formula is C11H11IN4O2S. The second-order valence-electron chi connectivity index (χ2n) is 3.61. The molecule has 0 atom stereocenters. The molecule has 0 saturated heterocycles. The average Bonchev–Trinajstić information content (AvgIpc) is 2.41. The van der Waals surface area contributed by atoms with Gasteiger partial charge < -0.3 is 5.43 Å². The van der Waals surface area contributed by atoms with E-state index in [4.69, 9.17) is 5.84 Å². The Hall–Kier alpha value is -1.39. The van der Waals surface area contributed by atoms with Crippen LogP contribution in [-0.4, -0.2) is 13.4 Å². The summed E-state index contributed by atoms with van der Waals surface area (Å²) in [6.45, 7) is 0. The van der Waals surface area contributed by atoms with Gasteiger partial charge in [-0.2, -0.15) is 0 Å².